The second kappa shape index (κ2) is 5.28. The van der Waals surface area contributed by atoms with Gasteiger partial charge in [-0.3, -0.25) is 9.59 Å². The second-order valence-corrected chi connectivity index (χ2v) is 7.44. The Labute approximate surface area is 144 Å². The van der Waals surface area contributed by atoms with Crippen molar-refractivity contribution in [3.05, 3.63) is 40.6 Å². The number of fused-ring (bicyclic) bond motifs is 2. The van der Waals surface area contributed by atoms with Gasteiger partial charge in [0, 0.05) is 22.7 Å². The van der Waals surface area contributed by atoms with Gasteiger partial charge in [0.2, 0.25) is 5.91 Å². The van der Waals surface area contributed by atoms with Gasteiger partial charge in [-0.15, -0.1) is 11.3 Å². The minimum Gasteiger partial charge on any atom is -0.368 e. The molecule has 0 saturated heterocycles. The summed E-state index contributed by atoms with van der Waals surface area (Å²) in [6.07, 6.45) is 2.56. The lowest BCUT2D eigenvalue weighted by atomic mass is 9.99. The van der Waals surface area contributed by atoms with Crippen molar-refractivity contribution < 1.29 is 9.59 Å². The zero-order chi connectivity index (χ0) is 16.1. The number of carbonyl (C=O) groups is 2. The predicted molar refractivity (Wildman–Crippen MR) is 92.5 cm³/mol. The molecule has 23 heavy (non-hydrogen) atoms. The number of ketones is 1. The van der Waals surface area contributed by atoms with E-state index in [1.54, 1.807) is 10.8 Å². The molecule has 3 aromatic rings. The first-order chi connectivity index (χ1) is 11.0. The van der Waals surface area contributed by atoms with Crippen molar-refractivity contribution in [3.63, 3.8) is 0 Å². The van der Waals surface area contributed by atoms with Gasteiger partial charge >= 0.3 is 0 Å². The van der Waals surface area contributed by atoms with Crippen molar-refractivity contribution in [1.82, 2.24) is 9.55 Å². The van der Waals surface area contributed by atoms with Crippen LogP contribution in [0.4, 0.5) is 0 Å². The van der Waals surface area contributed by atoms with Gasteiger partial charge in [0.25, 0.3) is 0 Å². The first-order valence-corrected chi connectivity index (χ1v) is 8.75. The van der Waals surface area contributed by atoms with Crippen LogP contribution in [-0.4, -0.2) is 21.2 Å². The third-order valence-corrected chi connectivity index (χ3v) is 5.61. The van der Waals surface area contributed by atoms with Crippen LogP contribution >= 0.6 is 27.3 Å². The molecule has 2 N–H and O–H groups in total. The van der Waals surface area contributed by atoms with Crippen LogP contribution < -0.4 is 5.73 Å². The molecule has 2 aromatic heterocycles. The Morgan fingerprint density at radius 3 is 3.00 bits per heavy atom. The van der Waals surface area contributed by atoms with E-state index >= 15 is 0 Å². The summed E-state index contributed by atoms with van der Waals surface area (Å²) in [5.74, 6) is -0.378. The van der Waals surface area contributed by atoms with Gasteiger partial charge < -0.3 is 10.3 Å². The van der Waals surface area contributed by atoms with E-state index in [0.29, 0.717) is 18.5 Å². The summed E-state index contributed by atoms with van der Waals surface area (Å²) in [5, 5.41) is 0.783. The molecule has 116 valence electrons. The number of amides is 1. The number of thiazole rings is 1. The highest BCUT2D eigenvalue weighted by atomic mass is 79.9. The average Bonchev–Trinajstić information content (AvgIpc) is 3.10. The normalized spacial score (nSPS) is 17.4. The third-order valence-electron chi connectivity index (χ3n) is 4.07. The third kappa shape index (κ3) is 2.31. The molecule has 0 spiro atoms. The molecule has 3 heterocycles. The minimum atomic E-state index is -0.458. The zero-order valence-corrected chi connectivity index (χ0v) is 14.4. The number of nitrogens with zero attached hydrogens (tertiary/aromatic N) is 2. The van der Waals surface area contributed by atoms with Gasteiger partial charge in [-0.05, 0) is 30.7 Å². The van der Waals surface area contributed by atoms with Crippen molar-refractivity contribution in [2.45, 2.75) is 18.9 Å². The Hall–Kier alpha value is -1.99. The number of hydrogen-bond donors (Lipinski definition) is 1. The summed E-state index contributed by atoms with van der Waals surface area (Å²) in [5.41, 5.74) is 7.67. The van der Waals surface area contributed by atoms with E-state index < -0.39 is 11.9 Å². The standard InChI is InChI=1S/C16H12BrN3O2S/c17-8-1-2-10-13(7-8)23-16(19-10)9-5-6-20-11(15(18)22)3-4-12(21)14(9)20/h1-2,5-7,11H,3-4H2,(H2,18,22). The van der Waals surface area contributed by atoms with E-state index in [4.69, 9.17) is 5.73 Å². The Morgan fingerprint density at radius 1 is 1.39 bits per heavy atom. The molecule has 1 aliphatic rings. The molecule has 1 amide bonds. The Balaban J connectivity index is 1.89. The number of carbonyl (C=O) groups excluding carboxylic acids is 2. The molecule has 1 aliphatic heterocycles. The van der Waals surface area contributed by atoms with E-state index in [9.17, 15) is 9.59 Å². The van der Waals surface area contributed by atoms with Crippen LogP contribution in [-0.2, 0) is 4.79 Å². The molecule has 0 aliphatic carbocycles. The number of halogens is 1. The average molecular weight is 390 g/mol. The summed E-state index contributed by atoms with van der Waals surface area (Å²) in [4.78, 5) is 28.6. The highest BCUT2D eigenvalue weighted by molar-refractivity contribution is 9.10. The van der Waals surface area contributed by atoms with Crippen molar-refractivity contribution in [2.75, 3.05) is 0 Å². The zero-order valence-electron chi connectivity index (χ0n) is 12.0. The monoisotopic (exact) mass is 389 g/mol. The maximum Gasteiger partial charge on any atom is 0.240 e. The fourth-order valence-corrected chi connectivity index (χ4v) is 4.54. The van der Waals surface area contributed by atoms with Crippen LogP contribution in [0.2, 0.25) is 0 Å². The Kier molecular flexibility index (Phi) is 3.35. The lowest BCUT2D eigenvalue weighted by molar-refractivity contribution is -0.121. The molecule has 4 rings (SSSR count). The van der Waals surface area contributed by atoms with Crippen LogP contribution in [0.15, 0.2) is 34.9 Å². The number of benzene rings is 1. The molecule has 1 unspecified atom stereocenters. The summed E-state index contributed by atoms with van der Waals surface area (Å²) in [6.45, 7) is 0. The fraction of sp³-hybridized carbons (Fsp3) is 0.188. The van der Waals surface area contributed by atoms with E-state index in [-0.39, 0.29) is 5.78 Å². The van der Waals surface area contributed by atoms with E-state index in [0.717, 1.165) is 25.3 Å². The smallest absolute Gasteiger partial charge is 0.240 e. The Morgan fingerprint density at radius 2 is 2.22 bits per heavy atom. The van der Waals surface area contributed by atoms with Crippen molar-refractivity contribution in [1.29, 1.82) is 0 Å². The molecule has 0 saturated carbocycles. The van der Waals surface area contributed by atoms with Gasteiger partial charge in [-0.1, -0.05) is 15.9 Å². The SMILES string of the molecule is NC(=O)C1CCC(=O)c2c(-c3nc4ccc(Br)cc4s3)ccn21. The molecule has 5 nitrogen and oxygen atoms in total. The molecule has 1 atom stereocenters. The molecular formula is C16H12BrN3O2S. The number of aromatic nitrogens is 2. The van der Waals surface area contributed by atoms with Crippen LogP contribution in [0, 0.1) is 0 Å². The lowest BCUT2D eigenvalue weighted by Gasteiger charge is -2.23. The maximum atomic E-state index is 12.4. The topological polar surface area (TPSA) is 78.0 Å². The first-order valence-electron chi connectivity index (χ1n) is 7.14. The number of hydrogen-bond acceptors (Lipinski definition) is 4. The van der Waals surface area contributed by atoms with Crippen LogP contribution in [0.25, 0.3) is 20.8 Å². The molecule has 1 aromatic carbocycles. The van der Waals surface area contributed by atoms with Crippen molar-refractivity contribution >= 4 is 49.2 Å². The number of nitrogens with two attached hydrogens (primary N) is 1. The largest absolute Gasteiger partial charge is 0.368 e. The quantitative estimate of drug-likeness (QED) is 0.727. The number of primary amides is 1. The minimum absolute atomic E-state index is 0.0305. The highest BCUT2D eigenvalue weighted by Crippen LogP contribution is 2.37. The molecule has 7 heteroatoms. The van der Waals surface area contributed by atoms with Crippen LogP contribution in [0.5, 0.6) is 0 Å². The maximum absolute atomic E-state index is 12.4. The summed E-state index contributed by atoms with van der Waals surface area (Å²) in [7, 11) is 0. The summed E-state index contributed by atoms with van der Waals surface area (Å²) in [6, 6.07) is 7.28. The highest BCUT2D eigenvalue weighted by Gasteiger charge is 2.31. The first kappa shape index (κ1) is 14.6. The molecule has 0 bridgehead atoms. The fourth-order valence-electron chi connectivity index (χ4n) is 2.99. The predicted octanol–water partition coefficient (Wildman–Crippen LogP) is 3.53. The second-order valence-electron chi connectivity index (χ2n) is 5.50. The molecule has 0 fully saturated rings. The van der Waals surface area contributed by atoms with Crippen molar-refractivity contribution in [3.8, 4) is 10.6 Å². The molecular weight excluding hydrogens is 378 g/mol. The van der Waals surface area contributed by atoms with E-state index in [1.807, 2.05) is 24.3 Å². The van der Waals surface area contributed by atoms with Crippen molar-refractivity contribution in [2.24, 2.45) is 5.73 Å². The van der Waals surface area contributed by atoms with Gasteiger partial charge in [0.05, 0.1) is 15.9 Å². The lowest BCUT2D eigenvalue weighted by Crippen LogP contribution is -2.32. The van der Waals surface area contributed by atoms with Crippen LogP contribution in [0.1, 0.15) is 29.4 Å². The van der Waals surface area contributed by atoms with Crippen LogP contribution in [0.3, 0.4) is 0 Å². The van der Waals surface area contributed by atoms with E-state index in [2.05, 4.69) is 20.9 Å². The van der Waals surface area contributed by atoms with Gasteiger partial charge in [0.15, 0.2) is 5.78 Å². The number of Topliss-reactive ketones (excluding diaryl/α,β-unsaturated/α-hetero) is 1. The summed E-state index contributed by atoms with van der Waals surface area (Å²) < 4.78 is 3.74. The van der Waals surface area contributed by atoms with Gasteiger partial charge in [0.1, 0.15) is 11.0 Å². The van der Waals surface area contributed by atoms with Gasteiger partial charge in [-0.25, -0.2) is 4.98 Å². The summed E-state index contributed by atoms with van der Waals surface area (Å²) >= 11 is 4.98. The Bertz CT molecular complexity index is 960. The van der Waals surface area contributed by atoms with Gasteiger partial charge in [-0.2, -0.15) is 0 Å². The number of rotatable bonds is 2. The molecule has 0 radical (unpaired) electrons. The van der Waals surface area contributed by atoms with E-state index in [1.165, 1.54) is 11.3 Å².